The fourth-order valence-corrected chi connectivity index (χ4v) is 4.39. The Balaban J connectivity index is 1.66. The molecule has 0 saturated carbocycles. The van der Waals surface area contributed by atoms with Crippen molar-refractivity contribution in [3.63, 3.8) is 0 Å². The van der Waals surface area contributed by atoms with Gasteiger partial charge in [-0.2, -0.15) is 0 Å². The van der Waals surface area contributed by atoms with Crippen LogP contribution in [0.25, 0.3) is 0 Å². The number of alkyl halides is 3. The second-order valence-electron chi connectivity index (χ2n) is 7.63. The van der Waals surface area contributed by atoms with E-state index in [0.29, 0.717) is 11.3 Å². The summed E-state index contributed by atoms with van der Waals surface area (Å²) in [6.07, 6.45) is -4.62. The Morgan fingerprint density at radius 3 is 2.47 bits per heavy atom. The van der Waals surface area contributed by atoms with Crippen LogP contribution < -0.4 is 4.74 Å². The Labute approximate surface area is 181 Å². The zero-order valence-corrected chi connectivity index (χ0v) is 17.1. The minimum Gasteiger partial charge on any atom is -0.497 e. The molecule has 0 aliphatic carbocycles. The molecule has 1 saturated heterocycles. The van der Waals surface area contributed by atoms with Gasteiger partial charge < -0.3 is 14.5 Å². The largest absolute Gasteiger partial charge is 0.522 e. The molecule has 2 amide bonds. The number of carbonyl (C=O) groups excluding carboxylic acids is 2. The van der Waals surface area contributed by atoms with Gasteiger partial charge in [0.15, 0.2) is 0 Å². The quantitative estimate of drug-likeness (QED) is 0.630. The number of rotatable bonds is 6. The second-order valence-corrected chi connectivity index (χ2v) is 7.63. The van der Waals surface area contributed by atoms with Crippen molar-refractivity contribution in [2.75, 3.05) is 26.8 Å². The van der Waals surface area contributed by atoms with E-state index in [2.05, 4.69) is 4.74 Å². The van der Waals surface area contributed by atoms with Gasteiger partial charge in [0, 0.05) is 37.2 Å². The van der Waals surface area contributed by atoms with Gasteiger partial charge in [0.1, 0.15) is 17.1 Å². The molecule has 1 fully saturated rings. The standard InChI is InChI=1S/C22H20F4N2O4/c1-31-16-5-2-14(3-6-16)13-28-19(29)17-12-15(23)4-7-18(17)21(28)8-9-27(20(21)30)10-11-32-22(24,25)26/h2-7,12H,8-11,13H2,1H3. The molecule has 0 bridgehead atoms. The lowest BCUT2D eigenvalue weighted by molar-refractivity contribution is -0.324. The summed E-state index contributed by atoms with van der Waals surface area (Å²) in [5, 5.41) is 0. The van der Waals surface area contributed by atoms with Crippen LogP contribution in [-0.2, 0) is 21.6 Å². The van der Waals surface area contributed by atoms with Crippen molar-refractivity contribution in [2.45, 2.75) is 24.9 Å². The van der Waals surface area contributed by atoms with Crippen LogP contribution in [0.4, 0.5) is 17.6 Å². The van der Waals surface area contributed by atoms with E-state index in [-0.39, 0.29) is 31.6 Å². The molecular formula is C22H20F4N2O4. The van der Waals surface area contributed by atoms with E-state index in [1.165, 1.54) is 29.0 Å². The lowest BCUT2D eigenvalue weighted by Gasteiger charge is -2.34. The highest BCUT2D eigenvalue weighted by Gasteiger charge is 2.59. The highest BCUT2D eigenvalue weighted by atomic mass is 19.4. The number of likely N-dealkylation sites (tertiary alicyclic amines) is 1. The van der Waals surface area contributed by atoms with Crippen molar-refractivity contribution in [2.24, 2.45) is 0 Å². The van der Waals surface area contributed by atoms with Gasteiger partial charge in [-0.15, -0.1) is 13.2 Å². The second kappa shape index (κ2) is 8.09. The van der Waals surface area contributed by atoms with Crippen molar-refractivity contribution in [1.29, 1.82) is 0 Å². The van der Waals surface area contributed by atoms with Crippen LogP contribution in [0.1, 0.15) is 27.9 Å². The van der Waals surface area contributed by atoms with Crippen molar-refractivity contribution in [3.8, 4) is 5.75 Å². The SMILES string of the molecule is COc1ccc(CN2C(=O)c3cc(F)ccc3C23CCN(CCOC(F)(F)F)C3=O)cc1. The molecule has 2 heterocycles. The molecule has 0 radical (unpaired) electrons. The van der Waals surface area contributed by atoms with E-state index in [1.54, 1.807) is 24.3 Å². The van der Waals surface area contributed by atoms with Gasteiger partial charge in [0.25, 0.3) is 11.8 Å². The molecule has 2 aromatic rings. The van der Waals surface area contributed by atoms with Crippen LogP contribution in [0.15, 0.2) is 42.5 Å². The van der Waals surface area contributed by atoms with E-state index in [1.807, 2.05) is 0 Å². The summed E-state index contributed by atoms with van der Waals surface area (Å²) in [5.74, 6) is -0.999. The topological polar surface area (TPSA) is 59.1 Å². The summed E-state index contributed by atoms with van der Waals surface area (Å²) in [4.78, 5) is 29.3. The minimum absolute atomic E-state index is 0.0672. The molecule has 170 valence electrons. The van der Waals surface area contributed by atoms with Crippen LogP contribution in [0.5, 0.6) is 5.75 Å². The van der Waals surface area contributed by atoms with Crippen molar-refractivity contribution in [1.82, 2.24) is 9.80 Å². The third-order valence-electron chi connectivity index (χ3n) is 5.87. The zero-order chi connectivity index (χ0) is 23.1. The average Bonchev–Trinajstić information content (AvgIpc) is 3.18. The summed E-state index contributed by atoms with van der Waals surface area (Å²) in [7, 11) is 1.52. The first-order valence-corrected chi connectivity index (χ1v) is 9.91. The molecule has 32 heavy (non-hydrogen) atoms. The molecule has 1 spiro atoms. The summed E-state index contributed by atoms with van der Waals surface area (Å²) in [6, 6.07) is 10.6. The molecule has 10 heteroatoms. The first-order chi connectivity index (χ1) is 15.2. The molecule has 6 nitrogen and oxygen atoms in total. The third-order valence-corrected chi connectivity index (χ3v) is 5.87. The highest BCUT2D eigenvalue weighted by molar-refractivity contribution is 6.07. The first-order valence-electron chi connectivity index (χ1n) is 9.91. The molecule has 0 aromatic heterocycles. The smallest absolute Gasteiger partial charge is 0.497 e. The lowest BCUT2D eigenvalue weighted by atomic mass is 9.87. The van der Waals surface area contributed by atoms with E-state index >= 15 is 0 Å². The summed E-state index contributed by atoms with van der Waals surface area (Å²) in [5.41, 5.74) is -0.237. The third kappa shape index (κ3) is 3.79. The van der Waals surface area contributed by atoms with Crippen LogP contribution in [0.2, 0.25) is 0 Å². The molecule has 4 rings (SSSR count). The number of halogens is 4. The molecule has 2 aromatic carbocycles. The average molecular weight is 452 g/mol. The molecule has 0 N–H and O–H groups in total. The number of ether oxygens (including phenoxy) is 2. The van der Waals surface area contributed by atoms with Crippen molar-refractivity contribution in [3.05, 3.63) is 65.0 Å². The Morgan fingerprint density at radius 1 is 1.09 bits per heavy atom. The summed E-state index contributed by atoms with van der Waals surface area (Å²) < 4.78 is 59.9. The molecular weight excluding hydrogens is 432 g/mol. The van der Waals surface area contributed by atoms with Gasteiger partial charge in [-0.25, -0.2) is 4.39 Å². The summed E-state index contributed by atoms with van der Waals surface area (Å²) >= 11 is 0. The fourth-order valence-electron chi connectivity index (χ4n) is 4.39. The molecule has 2 aliphatic heterocycles. The number of amides is 2. The van der Waals surface area contributed by atoms with E-state index in [4.69, 9.17) is 4.74 Å². The van der Waals surface area contributed by atoms with Gasteiger partial charge in [0.2, 0.25) is 0 Å². The normalized spacial score (nSPS) is 20.4. The number of hydrogen-bond acceptors (Lipinski definition) is 4. The van der Waals surface area contributed by atoms with E-state index < -0.39 is 36.1 Å². The molecule has 1 unspecified atom stereocenters. The maximum atomic E-state index is 13.9. The number of fused-ring (bicyclic) bond motifs is 2. The van der Waals surface area contributed by atoms with Crippen LogP contribution in [-0.4, -0.2) is 54.8 Å². The maximum Gasteiger partial charge on any atom is 0.522 e. The van der Waals surface area contributed by atoms with E-state index in [0.717, 1.165) is 11.6 Å². The Kier molecular flexibility index (Phi) is 5.58. The van der Waals surface area contributed by atoms with Crippen molar-refractivity contribution >= 4 is 11.8 Å². The van der Waals surface area contributed by atoms with E-state index in [9.17, 15) is 27.2 Å². The molecule has 1 atom stereocenters. The molecule has 2 aliphatic rings. The predicted octanol–water partition coefficient (Wildman–Crippen LogP) is 3.45. The van der Waals surface area contributed by atoms with Gasteiger partial charge >= 0.3 is 6.36 Å². The summed E-state index contributed by atoms with van der Waals surface area (Å²) in [6.45, 7) is -0.782. The van der Waals surface area contributed by atoms with Crippen LogP contribution >= 0.6 is 0 Å². The van der Waals surface area contributed by atoms with Gasteiger partial charge in [-0.1, -0.05) is 18.2 Å². The van der Waals surface area contributed by atoms with Crippen LogP contribution in [0, 0.1) is 5.82 Å². The number of methoxy groups -OCH3 is 1. The van der Waals surface area contributed by atoms with Gasteiger partial charge in [-0.05, 0) is 29.8 Å². The Morgan fingerprint density at radius 2 is 1.81 bits per heavy atom. The first kappa shape index (κ1) is 22.1. The minimum atomic E-state index is -4.80. The lowest BCUT2D eigenvalue weighted by Crippen LogP contribution is -2.49. The number of hydrogen-bond donors (Lipinski definition) is 0. The maximum absolute atomic E-state index is 13.9. The fraction of sp³-hybridized carbons (Fsp3) is 0.364. The number of benzene rings is 2. The monoisotopic (exact) mass is 452 g/mol. The highest BCUT2D eigenvalue weighted by Crippen LogP contribution is 2.47. The Hall–Kier alpha value is -3.14. The van der Waals surface area contributed by atoms with Crippen molar-refractivity contribution < 1.29 is 36.6 Å². The number of nitrogens with zero attached hydrogens (tertiary/aromatic N) is 2. The van der Waals surface area contributed by atoms with Crippen LogP contribution in [0.3, 0.4) is 0 Å². The van der Waals surface area contributed by atoms with Gasteiger partial charge in [-0.3, -0.25) is 14.3 Å². The Bertz CT molecular complexity index is 1040. The predicted molar refractivity (Wildman–Crippen MR) is 104 cm³/mol. The van der Waals surface area contributed by atoms with Gasteiger partial charge in [0.05, 0.1) is 13.7 Å². The zero-order valence-electron chi connectivity index (χ0n) is 17.1. The number of carbonyl (C=O) groups is 2.